The normalized spacial score (nSPS) is 11.7. The van der Waals surface area contributed by atoms with Crippen LogP contribution in [0.4, 0.5) is 5.13 Å². The summed E-state index contributed by atoms with van der Waals surface area (Å²) in [6.45, 7) is 1.67. The molecule has 1 atom stereocenters. The first-order valence-electron chi connectivity index (χ1n) is 8.36. The Morgan fingerprint density at radius 1 is 1.18 bits per heavy atom. The van der Waals surface area contributed by atoms with Gasteiger partial charge in [0.25, 0.3) is 5.91 Å². The number of benzene rings is 2. The van der Waals surface area contributed by atoms with E-state index in [1.54, 1.807) is 37.9 Å². The zero-order valence-corrected chi connectivity index (χ0v) is 17.6. The fourth-order valence-electron chi connectivity index (χ4n) is 2.21. The second kappa shape index (κ2) is 9.77. The van der Waals surface area contributed by atoms with Crippen LogP contribution in [-0.2, 0) is 10.5 Å². The predicted molar refractivity (Wildman–Crippen MR) is 113 cm³/mol. The van der Waals surface area contributed by atoms with E-state index in [1.165, 1.54) is 11.3 Å². The van der Waals surface area contributed by atoms with Crippen molar-refractivity contribution < 1.29 is 14.3 Å². The van der Waals surface area contributed by atoms with Crippen molar-refractivity contribution >= 4 is 45.7 Å². The van der Waals surface area contributed by atoms with Crippen molar-refractivity contribution in [2.24, 2.45) is 0 Å². The van der Waals surface area contributed by atoms with Gasteiger partial charge in [0.15, 0.2) is 21.9 Å². The lowest BCUT2D eigenvalue weighted by Gasteiger charge is -2.15. The minimum Gasteiger partial charge on any atom is -0.493 e. The molecule has 1 unspecified atom stereocenters. The smallest absolute Gasteiger partial charge is 0.266 e. The van der Waals surface area contributed by atoms with Crippen LogP contribution in [0.25, 0.3) is 0 Å². The Balaban J connectivity index is 1.53. The summed E-state index contributed by atoms with van der Waals surface area (Å²) < 4.78 is 11.7. The van der Waals surface area contributed by atoms with Crippen molar-refractivity contribution in [1.29, 1.82) is 0 Å². The highest BCUT2D eigenvalue weighted by Crippen LogP contribution is 2.29. The van der Waals surface area contributed by atoms with E-state index < -0.39 is 6.10 Å². The molecule has 0 aliphatic rings. The average Bonchev–Trinajstić information content (AvgIpc) is 3.15. The Labute approximate surface area is 176 Å². The third-order valence-corrected chi connectivity index (χ3v) is 5.95. The third-order valence-electron chi connectivity index (χ3n) is 3.65. The van der Waals surface area contributed by atoms with Crippen LogP contribution in [0.2, 0.25) is 5.02 Å². The SMILES string of the molecule is COc1ccccc1OC(C)C(=O)Nc1nnc(SCc2ccc(Cl)cc2)s1. The van der Waals surface area contributed by atoms with Crippen LogP contribution in [-0.4, -0.2) is 29.3 Å². The van der Waals surface area contributed by atoms with Crippen molar-refractivity contribution in [2.45, 2.75) is 23.1 Å². The Morgan fingerprint density at radius 2 is 1.89 bits per heavy atom. The number of amides is 1. The Bertz CT molecular complexity index is 934. The molecule has 0 radical (unpaired) electrons. The maximum absolute atomic E-state index is 12.4. The summed E-state index contributed by atoms with van der Waals surface area (Å²) in [4.78, 5) is 12.4. The molecule has 6 nitrogen and oxygen atoms in total. The van der Waals surface area contributed by atoms with E-state index in [2.05, 4.69) is 15.5 Å². The van der Waals surface area contributed by atoms with Gasteiger partial charge in [0.05, 0.1) is 7.11 Å². The first kappa shape index (κ1) is 20.4. The number of nitrogens with zero attached hydrogens (tertiary/aromatic N) is 2. The van der Waals surface area contributed by atoms with Crippen LogP contribution in [0.3, 0.4) is 0 Å². The number of ether oxygens (including phenoxy) is 2. The molecular weight excluding hydrogens is 418 g/mol. The fourth-order valence-corrected chi connectivity index (χ4v) is 4.05. The molecule has 1 amide bonds. The monoisotopic (exact) mass is 435 g/mol. The molecule has 0 bridgehead atoms. The zero-order valence-electron chi connectivity index (χ0n) is 15.2. The summed E-state index contributed by atoms with van der Waals surface area (Å²) in [5, 5.41) is 12.0. The number of hydrogen-bond acceptors (Lipinski definition) is 7. The van der Waals surface area contributed by atoms with Gasteiger partial charge in [-0.25, -0.2) is 0 Å². The second-order valence-electron chi connectivity index (χ2n) is 5.69. The maximum atomic E-state index is 12.4. The molecule has 0 saturated carbocycles. The molecule has 0 aliphatic heterocycles. The van der Waals surface area contributed by atoms with Gasteiger partial charge < -0.3 is 9.47 Å². The lowest BCUT2D eigenvalue weighted by Crippen LogP contribution is -2.30. The molecule has 3 rings (SSSR count). The number of carbonyl (C=O) groups excluding carboxylic acids is 1. The summed E-state index contributed by atoms with van der Waals surface area (Å²) >= 11 is 8.75. The summed E-state index contributed by atoms with van der Waals surface area (Å²) in [5.41, 5.74) is 1.13. The van der Waals surface area contributed by atoms with E-state index in [4.69, 9.17) is 21.1 Å². The van der Waals surface area contributed by atoms with Gasteiger partial charge in [0, 0.05) is 10.8 Å². The number of methoxy groups -OCH3 is 1. The Kier molecular flexibility index (Phi) is 7.13. The maximum Gasteiger partial charge on any atom is 0.266 e. The molecule has 146 valence electrons. The molecule has 28 heavy (non-hydrogen) atoms. The first-order valence-corrected chi connectivity index (χ1v) is 10.5. The van der Waals surface area contributed by atoms with Gasteiger partial charge in [-0.05, 0) is 36.8 Å². The van der Waals surface area contributed by atoms with E-state index in [1.807, 2.05) is 36.4 Å². The van der Waals surface area contributed by atoms with Gasteiger partial charge in [0.1, 0.15) is 0 Å². The van der Waals surface area contributed by atoms with Crippen molar-refractivity contribution in [3.8, 4) is 11.5 Å². The molecule has 2 aromatic carbocycles. The van der Waals surface area contributed by atoms with Crippen LogP contribution >= 0.6 is 34.7 Å². The van der Waals surface area contributed by atoms with E-state index in [0.717, 1.165) is 15.7 Å². The standard InChI is InChI=1S/C19H18ClN3O3S2/c1-12(26-16-6-4-3-5-15(16)25-2)17(24)21-18-22-23-19(28-18)27-11-13-7-9-14(20)10-8-13/h3-10,12H,11H2,1-2H3,(H,21,22,24). The van der Waals surface area contributed by atoms with Gasteiger partial charge in [0.2, 0.25) is 5.13 Å². The van der Waals surface area contributed by atoms with Crippen LogP contribution in [0.1, 0.15) is 12.5 Å². The largest absolute Gasteiger partial charge is 0.493 e. The number of anilines is 1. The molecule has 3 aromatic rings. The van der Waals surface area contributed by atoms with Crippen molar-refractivity contribution in [1.82, 2.24) is 10.2 Å². The molecule has 0 fully saturated rings. The van der Waals surface area contributed by atoms with E-state index in [-0.39, 0.29) is 5.91 Å². The summed E-state index contributed by atoms with van der Waals surface area (Å²) in [7, 11) is 1.55. The van der Waals surface area contributed by atoms with Gasteiger partial charge in [-0.15, -0.1) is 10.2 Å². The van der Waals surface area contributed by atoms with Gasteiger partial charge in [-0.3, -0.25) is 10.1 Å². The van der Waals surface area contributed by atoms with Gasteiger partial charge in [-0.1, -0.05) is 59.0 Å². The second-order valence-corrected chi connectivity index (χ2v) is 8.32. The summed E-state index contributed by atoms with van der Waals surface area (Å²) in [5.74, 6) is 1.51. The molecule has 0 saturated heterocycles. The Hall–Kier alpha value is -2.29. The minimum absolute atomic E-state index is 0.309. The van der Waals surface area contributed by atoms with Crippen LogP contribution in [0, 0.1) is 0 Å². The fraction of sp³-hybridized carbons (Fsp3) is 0.211. The molecular formula is C19H18ClN3O3S2. The van der Waals surface area contributed by atoms with Crippen molar-refractivity contribution in [2.75, 3.05) is 12.4 Å². The molecule has 0 spiro atoms. The highest BCUT2D eigenvalue weighted by atomic mass is 35.5. The van der Waals surface area contributed by atoms with Crippen LogP contribution < -0.4 is 14.8 Å². The number of thioether (sulfide) groups is 1. The summed E-state index contributed by atoms with van der Waals surface area (Å²) in [6.07, 6.45) is -0.717. The number of carbonyl (C=O) groups is 1. The third kappa shape index (κ3) is 5.60. The van der Waals surface area contributed by atoms with Crippen molar-refractivity contribution in [3.63, 3.8) is 0 Å². The van der Waals surface area contributed by atoms with E-state index in [9.17, 15) is 4.79 Å². The number of para-hydroxylation sites is 2. The molecule has 9 heteroatoms. The minimum atomic E-state index is -0.717. The van der Waals surface area contributed by atoms with Crippen molar-refractivity contribution in [3.05, 3.63) is 59.1 Å². The summed E-state index contributed by atoms with van der Waals surface area (Å²) in [6, 6.07) is 14.8. The number of aromatic nitrogens is 2. The topological polar surface area (TPSA) is 73.3 Å². The predicted octanol–water partition coefficient (Wildman–Crippen LogP) is 4.90. The molecule has 0 aliphatic carbocycles. The number of hydrogen-bond donors (Lipinski definition) is 1. The first-order chi connectivity index (χ1) is 13.5. The van der Waals surface area contributed by atoms with Gasteiger partial charge in [-0.2, -0.15) is 0 Å². The van der Waals surface area contributed by atoms with Crippen LogP contribution in [0.5, 0.6) is 11.5 Å². The molecule has 1 N–H and O–H groups in total. The Morgan fingerprint density at radius 3 is 2.61 bits per heavy atom. The molecule has 1 aromatic heterocycles. The highest BCUT2D eigenvalue weighted by molar-refractivity contribution is 8.00. The van der Waals surface area contributed by atoms with E-state index in [0.29, 0.717) is 21.7 Å². The number of nitrogens with one attached hydrogen (secondary N) is 1. The molecule has 1 heterocycles. The number of halogens is 1. The zero-order chi connectivity index (χ0) is 19.9. The lowest BCUT2D eigenvalue weighted by molar-refractivity contribution is -0.122. The highest BCUT2D eigenvalue weighted by Gasteiger charge is 2.18. The quantitative estimate of drug-likeness (QED) is 0.400. The number of rotatable bonds is 8. The van der Waals surface area contributed by atoms with Crippen LogP contribution in [0.15, 0.2) is 52.9 Å². The lowest BCUT2D eigenvalue weighted by atomic mass is 10.2. The average molecular weight is 436 g/mol. The van der Waals surface area contributed by atoms with Gasteiger partial charge >= 0.3 is 0 Å². The van der Waals surface area contributed by atoms with E-state index >= 15 is 0 Å².